The van der Waals surface area contributed by atoms with E-state index in [9.17, 15) is 8.42 Å². The summed E-state index contributed by atoms with van der Waals surface area (Å²) in [5, 5.41) is 5.94. The van der Waals surface area contributed by atoms with E-state index in [0.717, 1.165) is 5.56 Å². The Kier molecular flexibility index (Phi) is 3.07. The molecule has 2 aromatic rings. The Bertz CT molecular complexity index is 576. The van der Waals surface area contributed by atoms with Gasteiger partial charge in [-0.1, -0.05) is 6.07 Å². The Labute approximate surface area is 98.1 Å². The van der Waals surface area contributed by atoms with Crippen molar-refractivity contribution in [3.8, 4) is 0 Å². The summed E-state index contributed by atoms with van der Waals surface area (Å²) < 4.78 is 25.9. The SMILES string of the molecule is NCc1ccc(NS(=O)(=O)c2ccn[nH]2)nc1. The average Bonchev–Trinajstić information content (AvgIpc) is 2.84. The van der Waals surface area contributed by atoms with Crippen LogP contribution in [0.3, 0.4) is 0 Å². The molecular weight excluding hydrogens is 242 g/mol. The second-order valence-corrected chi connectivity index (χ2v) is 4.93. The quantitative estimate of drug-likeness (QED) is 0.713. The van der Waals surface area contributed by atoms with Gasteiger partial charge in [0.15, 0.2) is 5.03 Å². The summed E-state index contributed by atoms with van der Waals surface area (Å²) in [6.45, 7) is 0.362. The van der Waals surface area contributed by atoms with Gasteiger partial charge < -0.3 is 5.73 Å². The van der Waals surface area contributed by atoms with Gasteiger partial charge in [0.2, 0.25) is 0 Å². The van der Waals surface area contributed by atoms with Crippen molar-refractivity contribution in [2.24, 2.45) is 5.73 Å². The Morgan fingerprint density at radius 1 is 1.35 bits per heavy atom. The molecular formula is C9H11N5O2S. The molecule has 0 bridgehead atoms. The van der Waals surface area contributed by atoms with Gasteiger partial charge >= 0.3 is 0 Å². The number of rotatable bonds is 4. The summed E-state index contributed by atoms with van der Waals surface area (Å²) in [6.07, 6.45) is 2.88. The van der Waals surface area contributed by atoms with Gasteiger partial charge in [-0.05, 0) is 17.7 Å². The topological polar surface area (TPSA) is 114 Å². The lowest BCUT2D eigenvalue weighted by molar-refractivity contribution is 0.597. The first-order valence-electron chi connectivity index (χ1n) is 4.79. The molecule has 2 heterocycles. The molecule has 0 aliphatic heterocycles. The van der Waals surface area contributed by atoms with Gasteiger partial charge in [0.25, 0.3) is 10.0 Å². The number of nitrogens with two attached hydrogens (primary N) is 1. The van der Waals surface area contributed by atoms with Gasteiger partial charge in [-0.3, -0.25) is 9.82 Å². The van der Waals surface area contributed by atoms with Crippen LogP contribution in [0.5, 0.6) is 0 Å². The van der Waals surface area contributed by atoms with Crippen molar-refractivity contribution in [3.63, 3.8) is 0 Å². The molecule has 0 aliphatic carbocycles. The lowest BCUT2D eigenvalue weighted by Crippen LogP contribution is -2.14. The predicted molar refractivity (Wildman–Crippen MR) is 61.5 cm³/mol. The molecule has 2 rings (SSSR count). The number of aromatic nitrogens is 3. The number of nitrogens with one attached hydrogen (secondary N) is 2. The molecule has 17 heavy (non-hydrogen) atoms. The fourth-order valence-corrected chi connectivity index (χ4v) is 2.11. The third-order valence-electron chi connectivity index (χ3n) is 2.06. The van der Waals surface area contributed by atoms with Crippen molar-refractivity contribution < 1.29 is 8.42 Å². The highest BCUT2D eigenvalue weighted by Crippen LogP contribution is 2.11. The van der Waals surface area contributed by atoms with E-state index in [0.29, 0.717) is 6.54 Å². The van der Waals surface area contributed by atoms with Crippen molar-refractivity contribution in [2.75, 3.05) is 4.72 Å². The number of sulfonamides is 1. The third-order valence-corrected chi connectivity index (χ3v) is 3.35. The molecule has 0 aromatic carbocycles. The van der Waals surface area contributed by atoms with E-state index < -0.39 is 10.0 Å². The molecule has 0 saturated heterocycles. The van der Waals surface area contributed by atoms with Gasteiger partial charge in [0.05, 0.1) is 6.20 Å². The molecule has 0 radical (unpaired) electrons. The highest BCUT2D eigenvalue weighted by Gasteiger charge is 2.15. The van der Waals surface area contributed by atoms with E-state index in [1.165, 1.54) is 18.5 Å². The molecule has 0 aliphatic rings. The highest BCUT2D eigenvalue weighted by atomic mass is 32.2. The molecule has 0 fully saturated rings. The zero-order valence-corrected chi connectivity index (χ0v) is 9.61. The fourth-order valence-electron chi connectivity index (χ4n) is 1.19. The molecule has 2 aromatic heterocycles. The molecule has 0 atom stereocenters. The average molecular weight is 253 g/mol. The molecule has 4 N–H and O–H groups in total. The Morgan fingerprint density at radius 2 is 2.18 bits per heavy atom. The first-order chi connectivity index (χ1) is 8.12. The van der Waals surface area contributed by atoms with E-state index in [-0.39, 0.29) is 10.8 Å². The lowest BCUT2D eigenvalue weighted by atomic mass is 10.3. The smallest absolute Gasteiger partial charge is 0.279 e. The molecule has 0 spiro atoms. The van der Waals surface area contributed by atoms with E-state index in [2.05, 4.69) is 19.9 Å². The highest BCUT2D eigenvalue weighted by molar-refractivity contribution is 7.92. The standard InChI is InChI=1S/C9H11N5O2S/c10-5-7-1-2-8(11-6-7)14-17(15,16)9-3-4-12-13-9/h1-4,6H,5,10H2,(H,11,14)(H,12,13). The zero-order chi connectivity index (χ0) is 12.3. The fraction of sp³-hybridized carbons (Fsp3) is 0.111. The lowest BCUT2D eigenvalue weighted by Gasteiger charge is -2.05. The summed E-state index contributed by atoms with van der Waals surface area (Å²) >= 11 is 0. The monoisotopic (exact) mass is 253 g/mol. The van der Waals surface area contributed by atoms with Crippen LogP contribution >= 0.6 is 0 Å². The van der Waals surface area contributed by atoms with Crippen LogP contribution < -0.4 is 10.5 Å². The Hall–Kier alpha value is -1.93. The van der Waals surface area contributed by atoms with Gasteiger partial charge in [-0.2, -0.15) is 13.5 Å². The maximum atomic E-state index is 11.8. The van der Waals surface area contributed by atoms with Crippen LogP contribution in [0.2, 0.25) is 0 Å². The van der Waals surface area contributed by atoms with Crippen LogP contribution in [-0.4, -0.2) is 23.6 Å². The predicted octanol–water partition coefficient (Wildman–Crippen LogP) is 0.0642. The van der Waals surface area contributed by atoms with Crippen LogP contribution in [0, 0.1) is 0 Å². The maximum Gasteiger partial charge on any atom is 0.279 e. The summed E-state index contributed by atoms with van der Waals surface area (Å²) in [5.74, 6) is 0.233. The number of hydrogen-bond donors (Lipinski definition) is 3. The summed E-state index contributed by atoms with van der Waals surface area (Å²) in [4.78, 5) is 3.94. The van der Waals surface area contributed by atoms with E-state index in [1.807, 2.05) is 0 Å². The molecule has 0 saturated carbocycles. The van der Waals surface area contributed by atoms with E-state index in [4.69, 9.17) is 5.73 Å². The summed E-state index contributed by atoms with van der Waals surface area (Å²) in [7, 11) is -3.65. The second kappa shape index (κ2) is 4.52. The van der Waals surface area contributed by atoms with Gasteiger partial charge in [0.1, 0.15) is 5.82 Å². The Morgan fingerprint density at radius 3 is 2.71 bits per heavy atom. The minimum Gasteiger partial charge on any atom is -0.326 e. The van der Waals surface area contributed by atoms with Crippen molar-refractivity contribution in [1.82, 2.24) is 15.2 Å². The zero-order valence-electron chi connectivity index (χ0n) is 8.79. The normalized spacial score (nSPS) is 11.4. The van der Waals surface area contributed by atoms with Gasteiger partial charge in [0, 0.05) is 12.7 Å². The second-order valence-electron chi connectivity index (χ2n) is 3.28. The van der Waals surface area contributed by atoms with E-state index >= 15 is 0 Å². The molecule has 90 valence electrons. The number of H-pyrrole nitrogens is 1. The summed E-state index contributed by atoms with van der Waals surface area (Å²) in [6, 6.07) is 4.62. The van der Waals surface area contributed by atoms with Crippen LogP contribution in [0.15, 0.2) is 35.6 Å². The van der Waals surface area contributed by atoms with Gasteiger partial charge in [-0.25, -0.2) is 4.98 Å². The molecule has 7 nitrogen and oxygen atoms in total. The number of nitrogens with zero attached hydrogens (tertiary/aromatic N) is 2. The maximum absolute atomic E-state index is 11.8. The molecule has 0 unspecified atom stereocenters. The number of aromatic amines is 1. The molecule has 0 amide bonds. The van der Waals surface area contributed by atoms with Crippen LogP contribution in [0.1, 0.15) is 5.56 Å². The van der Waals surface area contributed by atoms with Crippen LogP contribution in [-0.2, 0) is 16.6 Å². The first-order valence-corrected chi connectivity index (χ1v) is 6.27. The van der Waals surface area contributed by atoms with Crippen molar-refractivity contribution in [2.45, 2.75) is 11.6 Å². The van der Waals surface area contributed by atoms with E-state index in [1.54, 1.807) is 12.1 Å². The van der Waals surface area contributed by atoms with Gasteiger partial charge in [-0.15, -0.1) is 0 Å². The van der Waals surface area contributed by atoms with Crippen molar-refractivity contribution >= 4 is 15.8 Å². The molecule has 8 heteroatoms. The van der Waals surface area contributed by atoms with Crippen LogP contribution in [0.25, 0.3) is 0 Å². The van der Waals surface area contributed by atoms with Crippen LogP contribution in [0.4, 0.5) is 5.82 Å². The number of hydrogen-bond acceptors (Lipinski definition) is 5. The number of anilines is 1. The van der Waals surface area contributed by atoms with Crippen molar-refractivity contribution in [1.29, 1.82) is 0 Å². The summed E-state index contributed by atoms with van der Waals surface area (Å²) in [5.41, 5.74) is 6.24. The minimum atomic E-state index is -3.65. The minimum absolute atomic E-state index is 0.0119. The number of pyridine rings is 1. The third kappa shape index (κ3) is 2.60. The first kappa shape index (κ1) is 11.6. The largest absolute Gasteiger partial charge is 0.326 e. The Balaban J connectivity index is 2.21. The van der Waals surface area contributed by atoms with Crippen molar-refractivity contribution in [3.05, 3.63) is 36.2 Å².